The van der Waals surface area contributed by atoms with Crippen molar-refractivity contribution in [3.8, 4) is 0 Å². The van der Waals surface area contributed by atoms with E-state index in [-0.39, 0.29) is 17.6 Å². The van der Waals surface area contributed by atoms with Gasteiger partial charge in [-0.3, -0.25) is 4.79 Å². The van der Waals surface area contributed by atoms with Gasteiger partial charge < -0.3 is 10.6 Å². The highest BCUT2D eigenvalue weighted by Gasteiger charge is 2.40. The third-order valence-corrected chi connectivity index (χ3v) is 4.85. The van der Waals surface area contributed by atoms with Gasteiger partial charge in [0.1, 0.15) is 5.82 Å². The summed E-state index contributed by atoms with van der Waals surface area (Å²) in [6.45, 7) is 0.971. The second-order valence-corrected chi connectivity index (χ2v) is 6.32. The molecule has 21 heavy (non-hydrogen) atoms. The van der Waals surface area contributed by atoms with Crippen LogP contribution in [0.15, 0.2) is 24.3 Å². The van der Waals surface area contributed by atoms with Crippen LogP contribution in [0.25, 0.3) is 0 Å². The fourth-order valence-electron chi connectivity index (χ4n) is 3.44. The Hall–Kier alpha value is -1.42. The normalized spacial score (nSPS) is 25.0. The molecule has 0 spiro atoms. The first-order valence-corrected chi connectivity index (χ1v) is 7.94. The van der Waals surface area contributed by atoms with Crippen molar-refractivity contribution in [1.82, 2.24) is 4.90 Å². The standard InChI is InChI=1S/C17H23FN2O/c18-16-7-2-1-4-13(16)11-20(14-8-9-14)17(21)15-6-3-5-12(15)10-19/h1-2,4,7,12,14-15H,3,5-6,8-11,19H2. The zero-order chi connectivity index (χ0) is 14.8. The van der Waals surface area contributed by atoms with Crippen molar-refractivity contribution in [2.45, 2.75) is 44.7 Å². The number of amides is 1. The van der Waals surface area contributed by atoms with Gasteiger partial charge in [-0.05, 0) is 44.2 Å². The molecule has 2 aliphatic carbocycles. The smallest absolute Gasteiger partial charge is 0.226 e. The van der Waals surface area contributed by atoms with Crippen molar-refractivity contribution in [2.75, 3.05) is 6.54 Å². The minimum atomic E-state index is -0.224. The van der Waals surface area contributed by atoms with E-state index in [4.69, 9.17) is 5.73 Å². The van der Waals surface area contributed by atoms with Crippen LogP contribution in [0.1, 0.15) is 37.7 Å². The molecule has 1 aromatic carbocycles. The molecule has 2 N–H and O–H groups in total. The molecule has 2 saturated carbocycles. The van der Waals surface area contributed by atoms with Crippen LogP contribution in [0.2, 0.25) is 0 Å². The van der Waals surface area contributed by atoms with Crippen molar-refractivity contribution in [1.29, 1.82) is 0 Å². The van der Waals surface area contributed by atoms with Crippen LogP contribution in [0, 0.1) is 17.7 Å². The molecule has 1 amide bonds. The molecule has 2 atom stereocenters. The summed E-state index contributed by atoms with van der Waals surface area (Å²) in [4.78, 5) is 14.8. The van der Waals surface area contributed by atoms with E-state index in [1.807, 2.05) is 11.0 Å². The largest absolute Gasteiger partial charge is 0.335 e. The highest BCUT2D eigenvalue weighted by molar-refractivity contribution is 5.80. The van der Waals surface area contributed by atoms with Crippen molar-refractivity contribution >= 4 is 5.91 Å². The average molecular weight is 290 g/mol. The van der Waals surface area contributed by atoms with Gasteiger partial charge in [0.25, 0.3) is 0 Å². The molecule has 2 fully saturated rings. The Morgan fingerprint density at radius 2 is 2.00 bits per heavy atom. The zero-order valence-corrected chi connectivity index (χ0v) is 12.3. The van der Waals surface area contributed by atoms with Gasteiger partial charge in [0.15, 0.2) is 0 Å². The summed E-state index contributed by atoms with van der Waals surface area (Å²) in [5, 5.41) is 0. The number of carbonyl (C=O) groups excluding carboxylic acids is 1. The van der Waals surface area contributed by atoms with E-state index >= 15 is 0 Å². The Labute approximate surface area is 125 Å². The molecule has 2 aliphatic rings. The summed E-state index contributed by atoms with van der Waals surface area (Å²) in [7, 11) is 0. The highest BCUT2D eigenvalue weighted by Crippen LogP contribution is 2.36. The predicted octanol–water partition coefficient (Wildman–Crippen LogP) is 2.69. The molecule has 0 aliphatic heterocycles. The maximum Gasteiger partial charge on any atom is 0.226 e. The van der Waals surface area contributed by atoms with Crippen molar-refractivity contribution < 1.29 is 9.18 Å². The lowest BCUT2D eigenvalue weighted by Gasteiger charge is -2.28. The van der Waals surface area contributed by atoms with Gasteiger partial charge in [-0.1, -0.05) is 24.6 Å². The molecule has 0 aromatic heterocycles. The monoisotopic (exact) mass is 290 g/mol. The Bertz CT molecular complexity index is 515. The molecule has 114 valence electrons. The maximum absolute atomic E-state index is 13.9. The quantitative estimate of drug-likeness (QED) is 0.906. The van der Waals surface area contributed by atoms with E-state index in [9.17, 15) is 9.18 Å². The first kappa shape index (κ1) is 14.5. The van der Waals surface area contributed by atoms with Crippen LogP contribution in [-0.4, -0.2) is 23.4 Å². The van der Waals surface area contributed by atoms with Gasteiger partial charge in [-0.25, -0.2) is 4.39 Å². The number of nitrogens with two attached hydrogens (primary N) is 1. The third kappa shape index (κ3) is 3.10. The van der Waals surface area contributed by atoms with Crippen LogP contribution in [0.4, 0.5) is 4.39 Å². The Kier molecular flexibility index (Phi) is 4.24. The molecule has 0 heterocycles. The molecule has 4 heteroatoms. The van der Waals surface area contributed by atoms with Crippen LogP contribution < -0.4 is 5.73 Å². The van der Waals surface area contributed by atoms with E-state index in [0.29, 0.717) is 30.6 Å². The summed E-state index contributed by atoms with van der Waals surface area (Å²) in [6.07, 6.45) is 5.14. The lowest BCUT2D eigenvalue weighted by Crippen LogP contribution is -2.40. The topological polar surface area (TPSA) is 46.3 Å². The Morgan fingerprint density at radius 3 is 2.67 bits per heavy atom. The van der Waals surface area contributed by atoms with Gasteiger partial charge in [-0.15, -0.1) is 0 Å². The maximum atomic E-state index is 13.9. The van der Waals surface area contributed by atoms with Gasteiger partial charge in [-0.2, -0.15) is 0 Å². The third-order valence-electron chi connectivity index (χ3n) is 4.85. The van der Waals surface area contributed by atoms with E-state index < -0.39 is 0 Å². The number of carbonyl (C=O) groups is 1. The predicted molar refractivity (Wildman–Crippen MR) is 79.9 cm³/mol. The second-order valence-electron chi connectivity index (χ2n) is 6.32. The minimum Gasteiger partial charge on any atom is -0.335 e. The summed E-state index contributed by atoms with van der Waals surface area (Å²) in [6, 6.07) is 7.04. The van der Waals surface area contributed by atoms with Gasteiger partial charge in [0.05, 0.1) is 0 Å². The molecule has 0 saturated heterocycles. The van der Waals surface area contributed by atoms with E-state index in [2.05, 4.69) is 0 Å². The van der Waals surface area contributed by atoms with Gasteiger partial charge in [0.2, 0.25) is 5.91 Å². The van der Waals surface area contributed by atoms with E-state index in [1.165, 1.54) is 6.07 Å². The average Bonchev–Trinajstić information content (AvgIpc) is 3.22. The summed E-state index contributed by atoms with van der Waals surface area (Å²) >= 11 is 0. The SMILES string of the molecule is NCC1CCCC1C(=O)N(Cc1ccccc1F)C1CC1. The molecule has 3 rings (SSSR count). The zero-order valence-electron chi connectivity index (χ0n) is 12.3. The highest BCUT2D eigenvalue weighted by atomic mass is 19.1. The fraction of sp³-hybridized carbons (Fsp3) is 0.588. The molecule has 0 bridgehead atoms. The Balaban J connectivity index is 1.75. The molecular formula is C17H23FN2O. The molecular weight excluding hydrogens is 267 g/mol. The van der Waals surface area contributed by atoms with Crippen LogP contribution in [0.5, 0.6) is 0 Å². The lowest BCUT2D eigenvalue weighted by molar-refractivity contribution is -0.137. The van der Waals surface area contributed by atoms with Crippen molar-refractivity contribution in [2.24, 2.45) is 17.6 Å². The van der Waals surface area contributed by atoms with Crippen LogP contribution in [0.3, 0.4) is 0 Å². The first-order valence-electron chi connectivity index (χ1n) is 7.94. The van der Waals surface area contributed by atoms with Crippen molar-refractivity contribution in [3.05, 3.63) is 35.6 Å². The number of hydrogen-bond donors (Lipinski definition) is 1. The summed E-state index contributed by atoms with van der Waals surface area (Å²) < 4.78 is 13.9. The fourth-order valence-corrected chi connectivity index (χ4v) is 3.44. The van der Waals surface area contributed by atoms with Crippen LogP contribution >= 0.6 is 0 Å². The number of benzene rings is 1. The van der Waals surface area contributed by atoms with E-state index in [1.54, 1.807) is 12.1 Å². The molecule has 2 unspecified atom stereocenters. The van der Waals surface area contributed by atoms with Crippen molar-refractivity contribution in [3.63, 3.8) is 0 Å². The Morgan fingerprint density at radius 1 is 1.24 bits per heavy atom. The summed E-state index contributed by atoms with van der Waals surface area (Å²) in [5.74, 6) is 0.313. The number of rotatable bonds is 5. The second kappa shape index (κ2) is 6.14. The number of hydrogen-bond acceptors (Lipinski definition) is 2. The molecule has 0 radical (unpaired) electrons. The van der Waals surface area contributed by atoms with Crippen LogP contribution in [-0.2, 0) is 11.3 Å². The number of nitrogens with zero attached hydrogens (tertiary/aromatic N) is 1. The summed E-state index contributed by atoms with van der Waals surface area (Å²) in [5.41, 5.74) is 6.41. The van der Waals surface area contributed by atoms with Gasteiger partial charge >= 0.3 is 0 Å². The first-order chi connectivity index (χ1) is 10.2. The molecule has 3 nitrogen and oxygen atoms in total. The molecule has 1 aromatic rings. The van der Waals surface area contributed by atoms with Gasteiger partial charge in [0, 0.05) is 24.1 Å². The lowest BCUT2D eigenvalue weighted by atomic mass is 9.94. The van der Waals surface area contributed by atoms with E-state index in [0.717, 1.165) is 32.1 Å². The minimum absolute atomic E-state index is 0.0439. The number of halogens is 1.